The van der Waals surface area contributed by atoms with Crippen molar-refractivity contribution in [1.29, 1.82) is 0 Å². The number of hydrogen-bond acceptors (Lipinski definition) is 7. The van der Waals surface area contributed by atoms with Crippen LogP contribution in [-0.2, 0) is 0 Å². The average Bonchev–Trinajstić information content (AvgIpc) is 3.09. The van der Waals surface area contributed by atoms with Crippen molar-refractivity contribution in [3.8, 4) is 0 Å². The zero-order valence-corrected chi connectivity index (χ0v) is 13.7. The van der Waals surface area contributed by atoms with Crippen LogP contribution in [0.15, 0.2) is 30.6 Å². The number of carbonyl (C=O) groups is 1. The van der Waals surface area contributed by atoms with Crippen LogP contribution in [0.4, 0.5) is 11.6 Å². The van der Waals surface area contributed by atoms with Gasteiger partial charge in [-0.25, -0.2) is 14.8 Å². The number of fused-ring (bicyclic) bond motifs is 1. The summed E-state index contributed by atoms with van der Waals surface area (Å²) in [6.45, 7) is 4.98. The van der Waals surface area contributed by atoms with E-state index >= 15 is 0 Å². The number of pyridine rings is 1. The maximum Gasteiger partial charge on any atom is 0.354 e. The Balaban J connectivity index is 1.54. The van der Waals surface area contributed by atoms with Gasteiger partial charge >= 0.3 is 5.97 Å². The topological polar surface area (TPSA) is 99.8 Å². The molecule has 4 heterocycles. The molecule has 0 unspecified atom stereocenters. The average molecular weight is 339 g/mol. The van der Waals surface area contributed by atoms with Gasteiger partial charge in [-0.1, -0.05) is 6.07 Å². The first-order chi connectivity index (χ1) is 12.1. The lowest BCUT2D eigenvalue weighted by molar-refractivity contribution is 0.0690. The molecular formula is C16H17N7O2. The minimum Gasteiger partial charge on any atom is -0.477 e. The zero-order valence-electron chi connectivity index (χ0n) is 13.7. The highest BCUT2D eigenvalue weighted by atomic mass is 16.4. The van der Waals surface area contributed by atoms with Gasteiger partial charge in [0, 0.05) is 37.9 Å². The fourth-order valence-corrected chi connectivity index (χ4v) is 3.02. The Morgan fingerprint density at radius 3 is 2.64 bits per heavy atom. The predicted molar refractivity (Wildman–Crippen MR) is 91.1 cm³/mol. The Morgan fingerprint density at radius 2 is 1.88 bits per heavy atom. The summed E-state index contributed by atoms with van der Waals surface area (Å²) >= 11 is 0. The Morgan fingerprint density at radius 1 is 1.12 bits per heavy atom. The largest absolute Gasteiger partial charge is 0.477 e. The summed E-state index contributed by atoms with van der Waals surface area (Å²) in [6.07, 6.45) is 1.50. The number of aromatic nitrogens is 5. The molecule has 1 aliphatic heterocycles. The standard InChI is InChI=1S/C16H17N7O2/c1-11-9-14(23-16(19-11)17-10-18-23)22-7-5-21(6-8-22)13-4-2-3-12(20-13)15(24)25/h2-4,9-10H,5-8H2,1H3,(H,24,25). The molecule has 3 aromatic heterocycles. The van der Waals surface area contributed by atoms with E-state index in [2.05, 4.69) is 29.9 Å². The highest BCUT2D eigenvalue weighted by Crippen LogP contribution is 2.20. The van der Waals surface area contributed by atoms with Gasteiger partial charge in [-0.3, -0.25) is 0 Å². The highest BCUT2D eigenvalue weighted by Gasteiger charge is 2.21. The molecule has 9 heteroatoms. The van der Waals surface area contributed by atoms with E-state index in [1.165, 1.54) is 12.4 Å². The van der Waals surface area contributed by atoms with E-state index < -0.39 is 5.97 Å². The van der Waals surface area contributed by atoms with Crippen LogP contribution in [0, 0.1) is 6.92 Å². The number of carboxylic acid groups (broad SMARTS) is 1. The molecule has 0 aromatic carbocycles. The quantitative estimate of drug-likeness (QED) is 0.750. The van der Waals surface area contributed by atoms with Crippen molar-refractivity contribution in [2.45, 2.75) is 6.92 Å². The summed E-state index contributed by atoms with van der Waals surface area (Å²) in [5.74, 6) is 1.23. The predicted octanol–water partition coefficient (Wildman–Crippen LogP) is 0.853. The number of piperazine rings is 1. The number of nitrogens with zero attached hydrogens (tertiary/aromatic N) is 7. The molecule has 0 atom stereocenters. The molecule has 4 rings (SSSR count). The van der Waals surface area contributed by atoms with Crippen LogP contribution in [0.1, 0.15) is 16.2 Å². The molecule has 1 N–H and O–H groups in total. The van der Waals surface area contributed by atoms with Gasteiger partial charge in [0.15, 0.2) is 5.69 Å². The van der Waals surface area contributed by atoms with E-state index in [4.69, 9.17) is 5.11 Å². The van der Waals surface area contributed by atoms with Crippen molar-refractivity contribution in [2.75, 3.05) is 36.0 Å². The minimum absolute atomic E-state index is 0.0639. The summed E-state index contributed by atoms with van der Waals surface area (Å²) in [4.78, 5) is 28.2. The van der Waals surface area contributed by atoms with Crippen molar-refractivity contribution in [1.82, 2.24) is 24.6 Å². The van der Waals surface area contributed by atoms with E-state index in [0.717, 1.165) is 37.7 Å². The lowest BCUT2D eigenvalue weighted by atomic mass is 10.2. The van der Waals surface area contributed by atoms with Crippen LogP contribution in [-0.4, -0.2) is 61.8 Å². The normalized spacial score (nSPS) is 14.9. The fraction of sp³-hybridized carbons (Fsp3) is 0.312. The van der Waals surface area contributed by atoms with Gasteiger partial charge in [0.2, 0.25) is 0 Å². The summed E-state index contributed by atoms with van der Waals surface area (Å²) < 4.78 is 1.74. The number of aromatic carboxylic acids is 1. The molecule has 0 amide bonds. The summed E-state index contributed by atoms with van der Waals surface area (Å²) in [5.41, 5.74) is 0.961. The molecule has 0 aliphatic carbocycles. The monoisotopic (exact) mass is 339 g/mol. The van der Waals surface area contributed by atoms with Gasteiger partial charge in [0.1, 0.15) is 18.0 Å². The van der Waals surface area contributed by atoms with Crippen molar-refractivity contribution >= 4 is 23.4 Å². The maximum atomic E-state index is 11.1. The Bertz CT molecular complexity index is 931. The molecule has 0 bridgehead atoms. The summed E-state index contributed by atoms with van der Waals surface area (Å²) in [5, 5.41) is 13.3. The second-order valence-electron chi connectivity index (χ2n) is 5.89. The molecule has 1 aliphatic rings. The molecule has 0 radical (unpaired) electrons. The zero-order chi connectivity index (χ0) is 17.4. The Kier molecular flexibility index (Phi) is 3.68. The maximum absolute atomic E-state index is 11.1. The smallest absolute Gasteiger partial charge is 0.354 e. The van der Waals surface area contributed by atoms with E-state index in [1.54, 1.807) is 10.6 Å². The SMILES string of the molecule is Cc1cc(N2CCN(c3cccc(C(=O)O)n3)CC2)n2ncnc2n1. The van der Waals surface area contributed by atoms with Gasteiger partial charge < -0.3 is 14.9 Å². The number of carboxylic acids is 1. The van der Waals surface area contributed by atoms with Gasteiger partial charge in [-0.15, -0.1) is 0 Å². The van der Waals surface area contributed by atoms with Gasteiger partial charge in [0.05, 0.1) is 0 Å². The van der Waals surface area contributed by atoms with Crippen LogP contribution in [0.2, 0.25) is 0 Å². The Hall–Kier alpha value is -3.23. The third-order valence-corrected chi connectivity index (χ3v) is 4.24. The first-order valence-electron chi connectivity index (χ1n) is 7.99. The van der Waals surface area contributed by atoms with Crippen molar-refractivity contribution in [3.05, 3.63) is 42.0 Å². The van der Waals surface area contributed by atoms with E-state index in [0.29, 0.717) is 11.6 Å². The molecule has 1 fully saturated rings. The molecule has 128 valence electrons. The van der Waals surface area contributed by atoms with Crippen LogP contribution in [0.3, 0.4) is 0 Å². The Labute approximate surface area is 143 Å². The van der Waals surface area contributed by atoms with Crippen molar-refractivity contribution in [3.63, 3.8) is 0 Å². The lowest BCUT2D eigenvalue weighted by Gasteiger charge is -2.36. The first-order valence-corrected chi connectivity index (χ1v) is 7.99. The highest BCUT2D eigenvalue weighted by molar-refractivity contribution is 5.85. The van der Waals surface area contributed by atoms with E-state index in [1.807, 2.05) is 19.1 Å². The first kappa shape index (κ1) is 15.3. The second kappa shape index (κ2) is 6.00. The van der Waals surface area contributed by atoms with Crippen LogP contribution in [0.25, 0.3) is 5.78 Å². The summed E-state index contributed by atoms with van der Waals surface area (Å²) in [6, 6.07) is 7.07. The second-order valence-corrected chi connectivity index (χ2v) is 5.89. The molecule has 25 heavy (non-hydrogen) atoms. The fourth-order valence-electron chi connectivity index (χ4n) is 3.02. The van der Waals surface area contributed by atoms with Crippen LogP contribution < -0.4 is 9.80 Å². The molecule has 0 saturated carbocycles. The molecule has 9 nitrogen and oxygen atoms in total. The van der Waals surface area contributed by atoms with Crippen LogP contribution >= 0.6 is 0 Å². The molecule has 1 saturated heterocycles. The van der Waals surface area contributed by atoms with Gasteiger partial charge in [-0.2, -0.15) is 14.6 Å². The van der Waals surface area contributed by atoms with E-state index in [9.17, 15) is 4.79 Å². The summed E-state index contributed by atoms with van der Waals surface area (Å²) in [7, 11) is 0. The van der Waals surface area contributed by atoms with Gasteiger partial charge in [0.25, 0.3) is 5.78 Å². The van der Waals surface area contributed by atoms with Crippen molar-refractivity contribution in [2.24, 2.45) is 0 Å². The van der Waals surface area contributed by atoms with E-state index in [-0.39, 0.29) is 5.69 Å². The number of hydrogen-bond donors (Lipinski definition) is 1. The third-order valence-electron chi connectivity index (χ3n) is 4.24. The number of rotatable bonds is 3. The number of aryl methyl sites for hydroxylation is 1. The lowest BCUT2D eigenvalue weighted by Crippen LogP contribution is -2.47. The molecule has 3 aromatic rings. The van der Waals surface area contributed by atoms with Crippen LogP contribution in [0.5, 0.6) is 0 Å². The molecular weight excluding hydrogens is 322 g/mol. The van der Waals surface area contributed by atoms with Gasteiger partial charge in [-0.05, 0) is 19.1 Å². The molecule has 0 spiro atoms. The minimum atomic E-state index is -1.01. The third kappa shape index (κ3) is 2.84. The number of anilines is 2. The van der Waals surface area contributed by atoms with Crippen molar-refractivity contribution < 1.29 is 9.90 Å².